The molecule has 0 aliphatic carbocycles. The first-order valence-electron chi connectivity index (χ1n) is 13.6. The lowest BCUT2D eigenvalue weighted by Crippen LogP contribution is -1.99. The van der Waals surface area contributed by atoms with E-state index in [1.54, 1.807) is 0 Å². The summed E-state index contributed by atoms with van der Waals surface area (Å²) in [4.78, 5) is 11.3. The van der Waals surface area contributed by atoms with Crippen LogP contribution >= 0.6 is 0 Å². The molecule has 0 saturated carbocycles. The van der Waals surface area contributed by atoms with Gasteiger partial charge in [-0.05, 0) is 66.0 Å². The van der Waals surface area contributed by atoms with E-state index in [1.807, 2.05) is 38.1 Å². The van der Waals surface area contributed by atoms with Crippen LogP contribution in [0.15, 0.2) is 91.0 Å². The monoisotopic (exact) mass is 494 g/mol. The molecule has 0 aliphatic heterocycles. The van der Waals surface area contributed by atoms with Crippen LogP contribution in [0.1, 0.15) is 97.1 Å². The number of hydrogen-bond acceptors (Lipinski definition) is 1. The van der Waals surface area contributed by atoms with Crippen molar-refractivity contribution in [3.8, 4) is 0 Å². The summed E-state index contributed by atoms with van der Waals surface area (Å²) in [5, 5.41) is 0. The Morgan fingerprint density at radius 2 is 1.54 bits per heavy atom. The molecule has 3 rings (SSSR count). The van der Waals surface area contributed by atoms with Crippen LogP contribution in [0.4, 0.5) is 0 Å². The maximum Gasteiger partial charge on any atom is 0.150 e. The van der Waals surface area contributed by atoms with Crippen LogP contribution < -0.4 is 0 Å². The molecule has 1 unspecified atom stereocenters. The molecule has 1 heteroatoms. The molecule has 0 aromatic heterocycles. The third-order valence-electron chi connectivity index (χ3n) is 5.90. The van der Waals surface area contributed by atoms with Gasteiger partial charge < -0.3 is 0 Å². The molecular weight excluding hydrogens is 448 g/mol. The lowest BCUT2D eigenvalue weighted by Gasteiger charge is -2.13. The summed E-state index contributed by atoms with van der Waals surface area (Å²) in [5.41, 5.74) is 9.14. The average molecular weight is 495 g/mol. The molecular formula is C36H46O. The van der Waals surface area contributed by atoms with E-state index in [0.717, 1.165) is 35.8 Å². The Hall–Kier alpha value is -3.45. The summed E-state index contributed by atoms with van der Waals surface area (Å²) in [6.45, 7) is 18.9. The summed E-state index contributed by atoms with van der Waals surface area (Å²) in [6, 6.07) is 23.0. The van der Waals surface area contributed by atoms with Gasteiger partial charge in [0.25, 0.3) is 0 Å². The van der Waals surface area contributed by atoms with Crippen molar-refractivity contribution in [2.75, 3.05) is 0 Å². The predicted molar refractivity (Wildman–Crippen MR) is 165 cm³/mol. The topological polar surface area (TPSA) is 17.1 Å². The Morgan fingerprint density at radius 3 is 2.22 bits per heavy atom. The molecule has 196 valence electrons. The molecule has 0 amide bonds. The minimum absolute atomic E-state index is 0.413. The van der Waals surface area contributed by atoms with Gasteiger partial charge in [-0.1, -0.05) is 144 Å². The molecule has 0 saturated heterocycles. The maximum absolute atomic E-state index is 11.3. The van der Waals surface area contributed by atoms with Crippen molar-refractivity contribution in [2.24, 2.45) is 0 Å². The van der Waals surface area contributed by atoms with Crippen molar-refractivity contribution in [1.82, 2.24) is 0 Å². The number of carbonyl (C=O) groups is 1. The summed E-state index contributed by atoms with van der Waals surface area (Å²) < 4.78 is 0. The molecule has 0 radical (unpaired) electrons. The Kier molecular flexibility index (Phi) is 15.3. The molecule has 1 atom stereocenters. The van der Waals surface area contributed by atoms with E-state index in [4.69, 9.17) is 0 Å². The molecule has 37 heavy (non-hydrogen) atoms. The SMILES string of the molecule is C=C(/C=C\c1ccc(C)cc1C)/C=C/c1cccc(C(C)CCc2ccccc2C=O)c1.CC.CCC. The van der Waals surface area contributed by atoms with Crippen LogP contribution in [-0.4, -0.2) is 6.29 Å². The maximum atomic E-state index is 11.3. The highest BCUT2D eigenvalue weighted by Crippen LogP contribution is 2.24. The first kappa shape index (κ1) is 31.6. The minimum atomic E-state index is 0.413. The Labute approximate surface area is 226 Å². The largest absolute Gasteiger partial charge is 0.298 e. The highest BCUT2D eigenvalue weighted by molar-refractivity contribution is 5.77. The van der Waals surface area contributed by atoms with Crippen LogP contribution in [0.5, 0.6) is 0 Å². The Morgan fingerprint density at radius 1 is 0.865 bits per heavy atom. The van der Waals surface area contributed by atoms with E-state index in [-0.39, 0.29) is 0 Å². The van der Waals surface area contributed by atoms with Crippen molar-refractivity contribution in [2.45, 2.75) is 73.6 Å². The van der Waals surface area contributed by atoms with E-state index in [1.165, 1.54) is 34.2 Å². The van der Waals surface area contributed by atoms with Gasteiger partial charge in [-0.3, -0.25) is 4.79 Å². The van der Waals surface area contributed by atoms with E-state index in [0.29, 0.717) is 5.92 Å². The number of aryl methyl sites for hydroxylation is 3. The van der Waals surface area contributed by atoms with Gasteiger partial charge in [-0.15, -0.1) is 0 Å². The zero-order valence-electron chi connectivity index (χ0n) is 24.1. The third kappa shape index (κ3) is 11.4. The Balaban J connectivity index is 0.00000127. The highest BCUT2D eigenvalue weighted by atomic mass is 16.1. The van der Waals surface area contributed by atoms with Crippen LogP contribution in [0, 0.1) is 13.8 Å². The first-order valence-corrected chi connectivity index (χ1v) is 13.6. The fourth-order valence-corrected chi connectivity index (χ4v) is 3.85. The Bertz CT molecular complexity index is 1160. The van der Waals surface area contributed by atoms with Crippen molar-refractivity contribution >= 4 is 18.4 Å². The quantitative estimate of drug-likeness (QED) is 0.213. The van der Waals surface area contributed by atoms with Gasteiger partial charge >= 0.3 is 0 Å². The zero-order chi connectivity index (χ0) is 27.6. The molecule has 0 spiro atoms. The molecule has 1 nitrogen and oxygen atoms in total. The van der Waals surface area contributed by atoms with E-state index in [2.05, 4.69) is 108 Å². The van der Waals surface area contributed by atoms with Crippen LogP contribution in [-0.2, 0) is 6.42 Å². The summed E-state index contributed by atoms with van der Waals surface area (Å²) in [6.07, 6.45) is 12.5. The fourth-order valence-electron chi connectivity index (χ4n) is 3.85. The highest BCUT2D eigenvalue weighted by Gasteiger charge is 2.08. The zero-order valence-corrected chi connectivity index (χ0v) is 24.1. The lowest BCUT2D eigenvalue weighted by atomic mass is 9.91. The molecule has 0 fully saturated rings. The normalized spacial score (nSPS) is 11.3. The summed E-state index contributed by atoms with van der Waals surface area (Å²) in [7, 11) is 0. The second kappa shape index (κ2) is 17.9. The number of benzene rings is 3. The smallest absolute Gasteiger partial charge is 0.150 e. The van der Waals surface area contributed by atoms with Gasteiger partial charge in [-0.2, -0.15) is 0 Å². The lowest BCUT2D eigenvalue weighted by molar-refractivity contribution is 0.112. The fraction of sp³-hybridized carbons (Fsp3) is 0.306. The molecule has 3 aromatic rings. The van der Waals surface area contributed by atoms with Gasteiger partial charge in [0, 0.05) is 5.56 Å². The summed E-state index contributed by atoms with van der Waals surface area (Å²) >= 11 is 0. The van der Waals surface area contributed by atoms with Gasteiger partial charge in [-0.25, -0.2) is 0 Å². The van der Waals surface area contributed by atoms with Crippen molar-refractivity contribution in [3.63, 3.8) is 0 Å². The number of hydrogen-bond donors (Lipinski definition) is 0. The van der Waals surface area contributed by atoms with Crippen LogP contribution in [0.25, 0.3) is 12.2 Å². The van der Waals surface area contributed by atoms with E-state index >= 15 is 0 Å². The molecule has 3 aromatic carbocycles. The number of carbonyl (C=O) groups excluding carboxylic acids is 1. The van der Waals surface area contributed by atoms with Crippen LogP contribution in [0.2, 0.25) is 0 Å². The van der Waals surface area contributed by atoms with Gasteiger partial charge in [0.15, 0.2) is 0 Å². The molecule has 0 aliphatic rings. The summed E-state index contributed by atoms with van der Waals surface area (Å²) in [5.74, 6) is 0.413. The van der Waals surface area contributed by atoms with Crippen molar-refractivity contribution in [3.05, 3.63) is 130 Å². The van der Waals surface area contributed by atoms with Crippen molar-refractivity contribution < 1.29 is 4.79 Å². The second-order valence-electron chi connectivity index (χ2n) is 9.24. The third-order valence-corrected chi connectivity index (χ3v) is 5.90. The van der Waals surface area contributed by atoms with E-state index < -0.39 is 0 Å². The van der Waals surface area contributed by atoms with Crippen molar-refractivity contribution in [1.29, 1.82) is 0 Å². The standard InChI is InChI=1S/C31H32O.C3H8.C2H6/c1-23(13-17-28-18-14-24(2)20-26(28)4)12-16-27-8-7-11-30(21-27)25(3)15-19-29-9-5-6-10-31(29)22-32;1-3-2;1-2/h5-14,16-18,20-22,25H,1,15,19H2,2-4H3;3H2,1-2H3;1-2H3/b16-12+,17-13-;;. The van der Waals surface area contributed by atoms with Crippen LogP contribution in [0.3, 0.4) is 0 Å². The average Bonchev–Trinajstić information content (AvgIpc) is 2.92. The number of allylic oxidation sites excluding steroid dienone is 3. The molecule has 0 bridgehead atoms. The van der Waals surface area contributed by atoms with E-state index in [9.17, 15) is 4.79 Å². The molecule has 0 N–H and O–H groups in total. The second-order valence-corrected chi connectivity index (χ2v) is 9.24. The number of aldehydes is 1. The molecule has 0 heterocycles. The van der Waals surface area contributed by atoms with Gasteiger partial charge in [0.1, 0.15) is 6.29 Å². The minimum Gasteiger partial charge on any atom is -0.298 e. The van der Waals surface area contributed by atoms with Gasteiger partial charge in [0.05, 0.1) is 0 Å². The van der Waals surface area contributed by atoms with Gasteiger partial charge in [0.2, 0.25) is 0 Å². The first-order chi connectivity index (χ1) is 17.9. The predicted octanol–water partition coefficient (Wildman–Crippen LogP) is 10.6. The number of rotatable bonds is 9.